The van der Waals surface area contributed by atoms with Crippen molar-refractivity contribution in [3.8, 4) is 5.75 Å². The summed E-state index contributed by atoms with van der Waals surface area (Å²) in [6.45, 7) is 1.94. The number of para-hydroxylation sites is 2. The van der Waals surface area contributed by atoms with Crippen LogP contribution in [0.5, 0.6) is 5.75 Å². The smallest absolute Gasteiger partial charge is 0.313 e. The lowest BCUT2D eigenvalue weighted by Gasteiger charge is -2.35. The van der Waals surface area contributed by atoms with Crippen LogP contribution in [0.2, 0.25) is 0 Å². The Hall–Kier alpha value is -3.71. The van der Waals surface area contributed by atoms with Crippen LogP contribution in [0.3, 0.4) is 0 Å². The van der Waals surface area contributed by atoms with Gasteiger partial charge in [-0.05, 0) is 41.3 Å². The van der Waals surface area contributed by atoms with Gasteiger partial charge < -0.3 is 15.4 Å². The summed E-state index contributed by atoms with van der Waals surface area (Å²) in [5.74, 6) is -0.931. The molecule has 164 valence electrons. The fourth-order valence-corrected chi connectivity index (χ4v) is 4.01. The maximum atomic E-state index is 12.6. The first-order valence-corrected chi connectivity index (χ1v) is 10.6. The summed E-state index contributed by atoms with van der Waals surface area (Å²) in [5, 5.41) is 5.41. The molecule has 0 fully saturated rings. The summed E-state index contributed by atoms with van der Waals surface area (Å²) in [7, 11) is 1.51. The number of anilines is 1. The van der Waals surface area contributed by atoms with E-state index >= 15 is 0 Å². The second-order valence-electron chi connectivity index (χ2n) is 7.66. The van der Waals surface area contributed by atoms with E-state index in [4.69, 9.17) is 4.74 Å². The molecular weight excluding hydrogens is 404 g/mol. The van der Waals surface area contributed by atoms with Gasteiger partial charge in [-0.2, -0.15) is 0 Å². The maximum absolute atomic E-state index is 12.6. The topological polar surface area (TPSA) is 83.6 Å². The Kier molecular flexibility index (Phi) is 6.77. The molecular formula is C25H26N4O3. The summed E-state index contributed by atoms with van der Waals surface area (Å²) in [4.78, 5) is 31.6. The number of rotatable bonds is 6. The lowest BCUT2D eigenvalue weighted by Crippen LogP contribution is -2.43. The third-order valence-electron chi connectivity index (χ3n) is 5.69. The molecule has 2 heterocycles. The molecule has 0 saturated heterocycles. The van der Waals surface area contributed by atoms with Gasteiger partial charge in [-0.3, -0.25) is 19.5 Å². The number of amides is 2. The van der Waals surface area contributed by atoms with Crippen molar-refractivity contribution in [2.45, 2.75) is 19.0 Å². The summed E-state index contributed by atoms with van der Waals surface area (Å²) < 4.78 is 5.23. The van der Waals surface area contributed by atoms with E-state index in [0.29, 0.717) is 18.0 Å². The van der Waals surface area contributed by atoms with E-state index in [1.54, 1.807) is 30.5 Å². The predicted octanol–water partition coefficient (Wildman–Crippen LogP) is 2.94. The summed E-state index contributed by atoms with van der Waals surface area (Å²) in [5.41, 5.74) is 4.09. The van der Waals surface area contributed by atoms with E-state index in [0.717, 1.165) is 25.1 Å². The van der Waals surface area contributed by atoms with Crippen LogP contribution in [-0.4, -0.2) is 41.9 Å². The molecule has 7 heteroatoms. The second kappa shape index (κ2) is 10.1. The lowest BCUT2D eigenvalue weighted by atomic mass is 9.97. The van der Waals surface area contributed by atoms with Crippen LogP contribution in [0.25, 0.3) is 0 Å². The molecule has 7 nitrogen and oxygen atoms in total. The number of nitrogens with one attached hydrogen (secondary N) is 2. The van der Waals surface area contributed by atoms with E-state index in [9.17, 15) is 9.59 Å². The highest BCUT2D eigenvalue weighted by atomic mass is 16.5. The van der Waals surface area contributed by atoms with Crippen LogP contribution >= 0.6 is 0 Å². The summed E-state index contributed by atoms with van der Waals surface area (Å²) in [6, 6.07) is 19.2. The van der Waals surface area contributed by atoms with Gasteiger partial charge >= 0.3 is 11.8 Å². The lowest BCUT2D eigenvalue weighted by molar-refractivity contribution is -0.136. The number of ether oxygens (including phenoxy) is 1. The Morgan fingerprint density at radius 2 is 1.81 bits per heavy atom. The Bertz CT molecular complexity index is 1090. The highest BCUT2D eigenvalue weighted by Crippen LogP contribution is 2.27. The molecule has 1 aliphatic heterocycles. The zero-order valence-electron chi connectivity index (χ0n) is 18.0. The highest BCUT2D eigenvalue weighted by molar-refractivity contribution is 6.39. The maximum Gasteiger partial charge on any atom is 0.313 e. The minimum atomic E-state index is -0.733. The number of fused-ring (bicyclic) bond motifs is 1. The third kappa shape index (κ3) is 4.95. The van der Waals surface area contributed by atoms with Crippen LogP contribution in [0, 0.1) is 0 Å². The summed E-state index contributed by atoms with van der Waals surface area (Å²) in [6.07, 6.45) is 4.48. The molecule has 1 atom stereocenters. The van der Waals surface area contributed by atoms with Gasteiger partial charge in [0.15, 0.2) is 0 Å². The van der Waals surface area contributed by atoms with Gasteiger partial charge in [-0.15, -0.1) is 0 Å². The monoisotopic (exact) mass is 430 g/mol. The van der Waals surface area contributed by atoms with Gasteiger partial charge in [0.05, 0.1) is 18.8 Å². The molecule has 4 rings (SSSR count). The van der Waals surface area contributed by atoms with Crippen molar-refractivity contribution in [1.82, 2.24) is 15.2 Å². The number of aromatic nitrogens is 1. The molecule has 0 saturated carbocycles. The molecule has 32 heavy (non-hydrogen) atoms. The fraction of sp³-hybridized carbons (Fsp3) is 0.240. The quantitative estimate of drug-likeness (QED) is 0.588. The molecule has 2 N–H and O–H groups in total. The van der Waals surface area contributed by atoms with Crippen LogP contribution in [0.15, 0.2) is 73.1 Å². The van der Waals surface area contributed by atoms with Gasteiger partial charge in [0, 0.05) is 32.0 Å². The fourth-order valence-electron chi connectivity index (χ4n) is 4.01. The van der Waals surface area contributed by atoms with Crippen LogP contribution in [0.4, 0.5) is 5.69 Å². The number of hydrogen-bond acceptors (Lipinski definition) is 5. The molecule has 0 bridgehead atoms. The minimum absolute atomic E-state index is 0.0972. The van der Waals surface area contributed by atoms with Crippen molar-refractivity contribution in [3.05, 3.63) is 89.7 Å². The minimum Gasteiger partial charge on any atom is -0.495 e. The number of methoxy groups -OCH3 is 1. The van der Waals surface area contributed by atoms with Crippen LogP contribution in [-0.2, 0) is 22.6 Å². The Balaban J connectivity index is 1.45. The number of hydrogen-bond donors (Lipinski definition) is 2. The molecule has 2 amide bonds. The van der Waals surface area contributed by atoms with Crippen molar-refractivity contribution >= 4 is 17.5 Å². The van der Waals surface area contributed by atoms with E-state index in [1.165, 1.54) is 18.2 Å². The van der Waals surface area contributed by atoms with E-state index in [1.807, 2.05) is 24.4 Å². The standard InChI is InChI=1S/C25H26N4O3/c1-32-23-11-5-4-10-21(23)28-25(31)24(30)27-16-22(19-9-6-13-26-15-19)29-14-12-18-7-2-3-8-20(18)17-29/h2-11,13,15,22H,12,14,16-17H2,1H3,(H,27,30)(H,28,31)/t22-/m0/s1. The molecule has 1 aliphatic rings. The van der Waals surface area contributed by atoms with Gasteiger partial charge in [0.25, 0.3) is 0 Å². The Morgan fingerprint density at radius 1 is 1.03 bits per heavy atom. The first-order chi connectivity index (χ1) is 15.7. The largest absolute Gasteiger partial charge is 0.495 e. The first-order valence-electron chi connectivity index (χ1n) is 10.6. The number of nitrogens with zero attached hydrogens (tertiary/aromatic N) is 2. The molecule has 0 spiro atoms. The van der Waals surface area contributed by atoms with Gasteiger partial charge in [-0.1, -0.05) is 42.5 Å². The predicted molar refractivity (Wildman–Crippen MR) is 122 cm³/mol. The number of carbonyl (C=O) groups is 2. The SMILES string of the molecule is COc1ccccc1NC(=O)C(=O)NC[C@@H](c1cccnc1)N1CCc2ccccc2C1. The highest BCUT2D eigenvalue weighted by Gasteiger charge is 2.26. The van der Waals surface area contributed by atoms with E-state index < -0.39 is 11.8 Å². The zero-order chi connectivity index (χ0) is 22.3. The molecule has 1 aromatic heterocycles. The van der Waals surface area contributed by atoms with Gasteiger partial charge in [0.1, 0.15) is 5.75 Å². The van der Waals surface area contributed by atoms with Crippen molar-refractivity contribution in [3.63, 3.8) is 0 Å². The van der Waals surface area contributed by atoms with Crippen molar-refractivity contribution in [1.29, 1.82) is 0 Å². The van der Waals surface area contributed by atoms with Crippen molar-refractivity contribution in [2.75, 3.05) is 25.5 Å². The second-order valence-corrected chi connectivity index (χ2v) is 7.66. The Morgan fingerprint density at radius 3 is 2.59 bits per heavy atom. The number of pyridine rings is 1. The molecule has 3 aromatic rings. The molecule has 0 unspecified atom stereocenters. The van der Waals surface area contributed by atoms with E-state index in [2.05, 4.69) is 38.7 Å². The average molecular weight is 431 g/mol. The van der Waals surface area contributed by atoms with Crippen LogP contribution < -0.4 is 15.4 Å². The normalized spacial score (nSPS) is 14.2. The molecule has 2 aromatic carbocycles. The number of carbonyl (C=O) groups excluding carboxylic acids is 2. The molecule has 0 radical (unpaired) electrons. The average Bonchev–Trinajstić information content (AvgIpc) is 2.85. The summed E-state index contributed by atoms with van der Waals surface area (Å²) >= 11 is 0. The zero-order valence-corrected chi connectivity index (χ0v) is 18.0. The number of benzene rings is 2. The Labute approximate surface area is 187 Å². The van der Waals surface area contributed by atoms with E-state index in [-0.39, 0.29) is 6.04 Å². The van der Waals surface area contributed by atoms with Gasteiger partial charge in [0.2, 0.25) is 0 Å². The van der Waals surface area contributed by atoms with Crippen molar-refractivity contribution < 1.29 is 14.3 Å². The third-order valence-corrected chi connectivity index (χ3v) is 5.69. The van der Waals surface area contributed by atoms with Gasteiger partial charge in [-0.25, -0.2) is 0 Å². The first kappa shape index (κ1) is 21.5. The molecule has 0 aliphatic carbocycles. The van der Waals surface area contributed by atoms with Crippen molar-refractivity contribution in [2.24, 2.45) is 0 Å². The van der Waals surface area contributed by atoms with Crippen LogP contribution in [0.1, 0.15) is 22.7 Å².